The summed E-state index contributed by atoms with van der Waals surface area (Å²) in [6.45, 7) is 3.55. The summed E-state index contributed by atoms with van der Waals surface area (Å²) >= 11 is 3.39. The Hall–Kier alpha value is -0.880. The van der Waals surface area contributed by atoms with Crippen LogP contribution in [0.25, 0.3) is 0 Å². The molecule has 1 heterocycles. The molecular weight excluding hydrogens is 308 g/mol. The van der Waals surface area contributed by atoms with E-state index in [1.54, 1.807) is 6.20 Å². The maximum absolute atomic E-state index is 12.2. The zero-order valence-electron chi connectivity index (χ0n) is 11.7. The van der Waals surface area contributed by atoms with Gasteiger partial charge < -0.3 is 10.2 Å². The number of rotatable bonds is 6. The van der Waals surface area contributed by atoms with E-state index >= 15 is 0 Å². The van der Waals surface area contributed by atoms with Gasteiger partial charge in [0.25, 0.3) is 5.56 Å². The lowest BCUT2D eigenvalue weighted by Crippen LogP contribution is -2.30. The Kier molecular flexibility index (Phi) is 4.62. The Balaban J connectivity index is 2.09. The van der Waals surface area contributed by atoms with Gasteiger partial charge in [0.15, 0.2) is 0 Å². The van der Waals surface area contributed by atoms with E-state index in [-0.39, 0.29) is 5.56 Å². The Morgan fingerprint density at radius 2 is 2.26 bits per heavy atom. The quantitative estimate of drug-likeness (QED) is 0.864. The van der Waals surface area contributed by atoms with Crippen LogP contribution in [-0.2, 0) is 6.54 Å². The molecule has 0 aromatic carbocycles. The van der Waals surface area contributed by atoms with Gasteiger partial charge in [-0.3, -0.25) is 4.79 Å². The SMILES string of the molecule is CC(Nc1cnn(CCN(C)C)c(=O)c1Br)C1CC1. The summed E-state index contributed by atoms with van der Waals surface area (Å²) in [5, 5.41) is 7.60. The van der Waals surface area contributed by atoms with Crippen molar-refractivity contribution in [1.82, 2.24) is 14.7 Å². The van der Waals surface area contributed by atoms with E-state index in [2.05, 4.69) is 33.3 Å². The van der Waals surface area contributed by atoms with Crippen molar-refractivity contribution in [3.8, 4) is 0 Å². The van der Waals surface area contributed by atoms with Gasteiger partial charge >= 0.3 is 0 Å². The number of hydrogen-bond donors (Lipinski definition) is 1. The van der Waals surface area contributed by atoms with Crippen molar-refractivity contribution in [2.24, 2.45) is 5.92 Å². The van der Waals surface area contributed by atoms with E-state index in [0.717, 1.165) is 18.2 Å². The molecule has 5 nitrogen and oxygen atoms in total. The summed E-state index contributed by atoms with van der Waals surface area (Å²) in [6, 6.07) is 0.398. The van der Waals surface area contributed by atoms with E-state index in [1.807, 2.05) is 19.0 Å². The largest absolute Gasteiger partial charge is 0.380 e. The van der Waals surface area contributed by atoms with Gasteiger partial charge in [-0.2, -0.15) is 5.10 Å². The zero-order valence-corrected chi connectivity index (χ0v) is 13.3. The van der Waals surface area contributed by atoms with Gasteiger partial charge in [0.2, 0.25) is 0 Å². The number of hydrogen-bond acceptors (Lipinski definition) is 4. The highest BCUT2D eigenvalue weighted by Gasteiger charge is 2.28. The van der Waals surface area contributed by atoms with Crippen molar-refractivity contribution >= 4 is 21.6 Å². The average molecular weight is 329 g/mol. The van der Waals surface area contributed by atoms with Crippen molar-refractivity contribution < 1.29 is 0 Å². The third-order valence-corrected chi connectivity index (χ3v) is 4.22. The Labute approximate surface area is 122 Å². The van der Waals surface area contributed by atoms with Crippen LogP contribution in [0, 0.1) is 5.92 Å². The third kappa shape index (κ3) is 3.79. The van der Waals surface area contributed by atoms with Crippen molar-refractivity contribution in [2.45, 2.75) is 32.4 Å². The van der Waals surface area contributed by atoms with Crippen molar-refractivity contribution in [1.29, 1.82) is 0 Å². The molecule has 106 valence electrons. The molecule has 1 aliphatic rings. The van der Waals surface area contributed by atoms with E-state index in [0.29, 0.717) is 17.1 Å². The molecule has 0 amide bonds. The second-order valence-corrected chi connectivity index (χ2v) is 6.27. The van der Waals surface area contributed by atoms with Gasteiger partial charge in [-0.1, -0.05) is 0 Å². The van der Waals surface area contributed by atoms with E-state index < -0.39 is 0 Å². The predicted molar refractivity (Wildman–Crippen MR) is 80.6 cm³/mol. The highest BCUT2D eigenvalue weighted by molar-refractivity contribution is 9.10. The van der Waals surface area contributed by atoms with Crippen LogP contribution in [0.1, 0.15) is 19.8 Å². The number of aromatic nitrogens is 2. The maximum Gasteiger partial charge on any atom is 0.283 e. The minimum absolute atomic E-state index is 0.0742. The molecule has 1 unspecified atom stereocenters. The fourth-order valence-electron chi connectivity index (χ4n) is 1.98. The molecule has 0 radical (unpaired) electrons. The van der Waals surface area contributed by atoms with Crippen molar-refractivity contribution in [2.75, 3.05) is 26.0 Å². The van der Waals surface area contributed by atoms with Crippen LogP contribution in [0.15, 0.2) is 15.5 Å². The second-order valence-electron chi connectivity index (χ2n) is 5.47. The predicted octanol–water partition coefficient (Wildman–Crippen LogP) is 1.78. The number of nitrogens with zero attached hydrogens (tertiary/aromatic N) is 3. The Morgan fingerprint density at radius 1 is 1.58 bits per heavy atom. The van der Waals surface area contributed by atoms with Gasteiger partial charge in [-0.15, -0.1) is 0 Å². The second kappa shape index (κ2) is 6.05. The molecule has 0 aliphatic heterocycles. The van der Waals surface area contributed by atoms with E-state index in [1.165, 1.54) is 17.5 Å². The van der Waals surface area contributed by atoms with Crippen LogP contribution < -0.4 is 10.9 Å². The van der Waals surface area contributed by atoms with Gasteiger partial charge in [0.1, 0.15) is 4.47 Å². The zero-order chi connectivity index (χ0) is 14.0. The van der Waals surface area contributed by atoms with Gasteiger partial charge in [0.05, 0.1) is 18.4 Å². The molecule has 0 spiro atoms. The molecule has 1 aliphatic carbocycles. The van der Waals surface area contributed by atoms with Gasteiger partial charge in [0, 0.05) is 12.6 Å². The van der Waals surface area contributed by atoms with Gasteiger partial charge in [-0.05, 0) is 55.7 Å². The summed E-state index contributed by atoms with van der Waals surface area (Å²) in [5.41, 5.74) is 0.723. The number of anilines is 1. The molecule has 1 N–H and O–H groups in total. The first-order valence-corrected chi connectivity index (χ1v) is 7.45. The first-order chi connectivity index (χ1) is 8.99. The lowest BCUT2D eigenvalue weighted by molar-refractivity contribution is 0.367. The molecule has 1 saturated carbocycles. The number of halogens is 1. The molecule has 1 atom stereocenters. The van der Waals surface area contributed by atoms with E-state index in [9.17, 15) is 4.79 Å². The fraction of sp³-hybridized carbons (Fsp3) is 0.692. The number of likely N-dealkylation sites (N-methyl/N-ethyl adjacent to an activating group) is 1. The standard InChI is InChI=1S/C13H21BrN4O/c1-9(10-4-5-10)16-11-8-15-18(7-6-17(2)3)13(19)12(11)14/h8-10,16H,4-7H2,1-3H3. The molecule has 0 bridgehead atoms. The smallest absolute Gasteiger partial charge is 0.283 e. The molecule has 6 heteroatoms. The monoisotopic (exact) mass is 328 g/mol. The molecule has 2 rings (SSSR count). The summed E-state index contributed by atoms with van der Waals surface area (Å²) in [5.74, 6) is 0.739. The maximum atomic E-state index is 12.2. The van der Waals surface area contributed by atoms with Crippen LogP contribution in [0.5, 0.6) is 0 Å². The highest BCUT2D eigenvalue weighted by atomic mass is 79.9. The summed E-state index contributed by atoms with van der Waals surface area (Å²) in [7, 11) is 3.96. The van der Waals surface area contributed by atoms with Crippen molar-refractivity contribution in [3.05, 3.63) is 21.0 Å². The topological polar surface area (TPSA) is 50.2 Å². The van der Waals surface area contributed by atoms with E-state index in [4.69, 9.17) is 0 Å². The Morgan fingerprint density at radius 3 is 2.84 bits per heavy atom. The summed E-state index contributed by atoms with van der Waals surface area (Å²) < 4.78 is 2.07. The highest BCUT2D eigenvalue weighted by Crippen LogP contribution is 2.34. The number of nitrogens with one attached hydrogen (secondary N) is 1. The van der Waals surface area contributed by atoms with Crippen molar-refractivity contribution in [3.63, 3.8) is 0 Å². The first-order valence-electron chi connectivity index (χ1n) is 6.66. The lowest BCUT2D eigenvalue weighted by Gasteiger charge is -2.16. The van der Waals surface area contributed by atoms with Crippen LogP contribution in [-0.4, -0.2) is 41.4 Å². The van der Waals surface area contributed by atoms with Crippen LogP contribution in [0.4, 0.5) is 5.69 Å². The molecule has 19 heavy (non-hydrogen) atoms. The van der Waals surface area contributed by atoms with Crippen LogP contribution in [0.3, 0.4) is 0 Å². The first kappa shape index (κ1) is 14.5. The minimum Gasteiger partial charge on any atom is -0.380 e. The fourth-order valence-corrected chi connectivity index (χ4v) is 2.40. The molecule has 0 saturated heterocycles. The average Bonchev–Trinajstić information content (AvgIpc) is 3.18. The lowest BCUT2D eigenvalue weighted by atomic mass is 10.2. The molecule has 1 aromatic rings. The van der Waals surface area contributed by atoms with Crippen LogP contribution in [0.2, 0.25) is 0 Å². The summed E-state index contributed by atoms with van der Waals surface area (Å²) in [6.07, 6.45) is 4.29. The summed E-state index contributed by atoms with van der Waals surface area (Å²) in [4.78, 5) is 14.2. The third-order valence-electron chi connectivity index (χ3n) is 3.46. The molecule has 1 fully saturated rings. The normalized spacial score (nSPS) is 16.7. The Bertz CT molecular complexity index is 496. The van der Waals surface area contributed by atoms with Crippen LogP contribution >= 0.6 is 15.9 Å². The minimum atomic E-state index is -0.0742. The van der Waals surface area contributed by atoms with Gasteiger partial charge in [-0.25, -0.2) is 4.68 Å². The molecular formula is C13H21BrN4O. The molecule has 1 aromatic heterocycles.